The van der Waals surface area contributed by atoms with Crippen molar-refractivity contribution in [2.24, 2.45) is 5.73 Å². The van der Waals surface area contributed by atoms with Crippen molar-refractivity contribution in [3.05, 3.63) is 30.0 Å². The van der Waals surface area contributed by atoms with Gasteiger partial charge in [-0.1, -0.05) is 18.6 Å². The Kier molecular flexibility index (Phi) is 7.02. The molecule has 0 aliphatic carbocycles. The Morgan fingerprint density at radius 3 is 3.12 bits per heavy atom. The van der Waals surface area contributed by atoms with E-state index < -0.39 is 0 Å². The standard InChI is InChI=1S/C17H25N5O.ClH/c18-7-6-17(23)19-11-15-3-1-2-8-22(15)12-13-4-5-14-10-20-21-16(14)9-13;/h4-5,9-10,15H,1-3,6-8,11-12,18H2,(H,19,23)(H,20,21);1H. The van der Waals surface area contributed by atoms with E-state index >= 15 is 0 Å². The summed E-state index contributed by atoms with van der Waals surface area (Å²) in [5.74, 6) is 0.0527. The molecule has 132 valence electrons. The number of likely N-dealkylation sites (tertiary alicyclic amines) is 1. The number of carbonyl (C=O) groups is 1. The molecule has 3 rings (SSSR count). The van der Waals surface area contributed by atoms with Gasteiger partial charge in [0.15, 0.2) is 0 Å². The Bertz CT molecular complexity index is 659. The lowest BCUT2D eigenvalue weighted by atomic mass is 10.0. The summed E-state index contributed by atoms with van der Waals surface area (Å²) in [4.78, 5) is 14.1. The van der Waals surface area contributed by atoms with Gasteiger partial charge in [-0.15, -0.1) is 12.4 Å². The van der Waals surface area contributed by atoms with E-state index in [-0.39, 0.29) is 18.3 Å². The van der Waals surface area contributed by atoms with Crippen LogP contribution in [0.25, 0.3) is 10.9 Å². The number of halogens is 1. The molecule has 1 saturated heterocycles. The number of aromatic amines is 1. The van der Waals surface area contributed by atoms with E-state index in [1.807, 2.05) is 6.20 Å². The molecule has 0 saturated carbocycles. The molecule has 1 aromatic heterocycles. The van der Waals surface area contributed by atoms with E-state index in [2.05, 4.69) is 38.6 Å². The van der Waals surface area contributed by atoms with Gasteiger partial charge in [-0.05, 0) is 31.0 Å². The van der Waals surface area contributed by atoms with Crippen LogP contribution in [0, 0.1) is 0 Å². The molecule has 7 heteroatoms. The maximum Gasteiger partial charge on any atom is 0.221 e. The second-order valence-corrected chi connectivity index (χ2v) is 6.25. The van der Waals surface area contributed by atoms with Crippen molar-refractivity contribution in [3.8, 4) is 0 Å². The van der Waals surface area contributed by atoms with Crippen LogP contribution in [-0.4, -0.2) is 46.7 Å². The third-order valence-electron chi connectivity index (χ3n) is 4.55. The van der Waals surface area contributed by atoms with Gasteiger partial charge in [0.2, 0.25) is 5.91 Å². The first kappa shape index (κ1) is 18.7. The van der Waals surface area contributed by atoms with Gasteiger partial charge in [0.25, 0.3) is 0 Å². The highest BCUT2D eigenvalue weighted by Gasteiger charge is 2.22. The van der Waals surface area contributed by atoms with Gasteiger partial charge in [-0.2, -0.15) is 5.10 Å². The zero-order valence-electron chi connectivity index (χ0n) is 13.8. The molecule has 0 spiro atoms. The van der Waals surface area contributed by atoms with Gasteiger partial charge in [0.05, 0.1) is 11.7 Å². The summed E-state index contributed by atoms with van der Waals surface area (Å²) < 4.78 is 0. The average molecular weight is 352 g/mol. The minimum atomic E-state index is 0. The van der Waals surface area contributed by atoms with Gasteiger partial charge >= 0.3 is 0 Å². The smallest absolute Gasteiger partial charge is 0.221 e. The van der Waals surface area contributed by atoms with E-state index in [4.69, 9.17) is 5.73 Å². The molecule has 0 bridgehead atoms. The summed E-state index contributed by atoms with van der Waals surface area (Å²) in [6, 6.07) is 6.84. The number of hydrogen-bond acceptors (Lipinski definition) is 4. The molecular formula is C17H26ClN5O. The van der Waals surface area contributed by atoms with Gasteiger partial charge in [-0.25, -0.2) is 0 Å². The molecule has 2 heterocycles. The zero-order valence-corrected chi connectivity index (χ0v) is 14.6. The number of nitrogens with two attached hydrogens (primary N) is 1. The molecule has 24 heavy (non-hydrogen) atoms. The Morgan fingerprint density at radius 2 is 2.29 bits per heavy atom. The van der Waals surface area contributed by atoms with E-state index in [1.54, 1.807) is 0 Å². The van der Waals surface area contributed by atoms with E-state index in [9.17, 15) is 4.79 Å². The lowest BCUT2D eigenvalue weighted by Gasteiger charge is -2.36. The molecule has 6 nitrogen and oxygen atoms in total. The fraction of sp³-hybridized carbons (Fsp3) is 0.529. The van der Waals surface area contributed by atoms with Crippen molar-refractivity contribution in [1.82, 2.24) is 20.4 Å². The van der Waals surface area contributed by atoms with E-state index in [0.29, 0.717) is 25.6 Å². The second-order valence-electron chi connectivity index (χ2n) is 6.25. The first-order valence-corrected chi connectivity index (χ1v) is 8.39. The summed E-state index contributed by atoms with van der Waals surface area (Å²) in [5.41, 5.74) is 7.78. The van der Waals surface area contributed by atoms with Crippen molar-refractivity contribution < 1.29 is 4.79 Å². The monoisotopic (exact) mass is 351 g/mol. The highest BCUT2D eigenvalue weighted by atomic mass is 35.5. The Labute approximate surface area is 148 Å². The van der Waals surface area contributed by atoms with Crippen LogP contribution in [0.4, 0.5) is 0 Å². The number of aromatic nitrogens is 2. The predicted molar refractivity (Wildman–Crippen MR) is 98.1 cm³/mol. The number of nitrogens with zero attached hydrogens (tertiary/aromatic N) is 2. The zero-order chi connectivity index (χ0) is 16.1. The first-order chi connectivity index (χ1) is 11.3. The van der Waals surface area contributed by atoms with Crippen LogP contribution >= 0.6 is 12.4 Å². The molecule has 1 atom stereocenters. The minimum Gasteiger partial charge on any atom is -0.354 e. The van der Waals surface area contributed by atoms with Crippen LogP contribution in [0.2, 0.25) is 0 Å². The van der Waals surface area contributed by atoms with Gasteiger partial charge in [0, 0.05) is 37.5 Å². The molecule has 1 aromatic carbocycles. The van der Waals surface area contributed by atoms with Crippen LogP contribution in [0.5, 0.6) is 0 Å². The van der Waals surface area contributed by atoms with Crippen LogP contribution in [0.1, 0.15) is 31.2 Å². The molecule has 1 unspecified atom stereocenters. The number of nitrogens with one attached hydrogen (secondary N) is 2. The summed E-state index contributed by atoms with van der Waals surface area (Å²) in [7, 11) is 0. The molecule has 4 N–H and O–H groups in total. The summed E-state index contributed by atoms with van der Waals surface area (Å²) in [6.07, 6.45) is 5.83. The Morgan fingerprint density at radius 1 is 1.42 bits per heavy atom. The van der Waals surface area contributed by atoms with Gasteiger partial charge in [0.1, 0.15) is 0 Å². The third-order valence-corrected chi connectivity index (χ3v) is 4.55. The van der Waals surface area contributed by atoms with Crippen LogP contribution in [0.15, 0.2) is 24.4 Å². The fourth-order valence-corrected chi connectivity index (χ4v) is 3.27. The molecular weight excluding hydrogens is 326 g/mol. The van der Waals surface area contributed by atoms with Crippen LogP contribution < -0.4 is 11.1 Å². The third kappa shape index (κ3) is 4.69. The van der Waals surface area contributed by atoms with Gasteiger partial charge < -0.3 is 11.1 Å². The number of hydrogen-bond donors (Lipinski definition) is 3. The highest BCUT2D eigenvalue weighted by molar-refractivity contribution is 5.85. The predicted octanol–water partition coefficient (Wildman–Crippen LogP) is 1.80. The molecule has 1 aliphatic heterocycles. The number of benzene rings is 1. The molecule has 2 aromatic rings. The first-order valence-electron chi connectivity index (χ1n) is 8.39. The quantitative estimate of drug-likeness (QED) is 0.740. The normalized spacial score (nSPS) is 18.3. The Balaban J connectivity index is 0.00000208. The average Bonchev–Trinajstić information content (AvgIpc) is 3.02. The number of rotatable bonds is 6. The second kappa shape index (κ2) is 9.01. The molecule has 1 fully saturated rings. The Hall–Kier alpha value is -1.63. The highest BCUT2D eigenvalue weighted by Crippen LogP contribution is 2.21. The number of H-pyrrole nitrogens is 1. The van der Waals surface area contributed by atoms with Crippen molar-refractivity contribution in [3.63, 3.8) is 0 Å². The molecule has 1 amide bonds. The topological polar surface area (TPSA) is 87.0 Å². The number of fused-ring (bicyclic) bond motifs is 1. The SMILES string of the molecule is Cl.NCCC(=O)NCC1CCCCN1Cc1ccc2cn[nH]c2c1. The van der Waals surface area contributed by atoms with E-state index in [1.165, 1.54) is 18.4 Å². The minimum absolute atomic E-state index is 0. The summed E-state index contributed by atoms with van der Waals surface area (Å²) >= 11 is 0. The maximum absolute atomic E-state index is 11.6. The number of piperidine rings is 1. The van der Waals surface area contributed by atoms with Crippen molar-refractivity contribution >= 4 is 29.2 Å². The van der Waals surface area contributed by atoms with Crippen molar-refractivity contribution in [2.75, 3.05) is 19.6 Å². The molecule has 1 aliphatic rings. The van der Waals surface area contributed by atoms with E-state index in [0.717, 1.165) is 30.4 Å². The lowest BCUT2D eigenvalue weighted by Crippen LogP contribution is -2.46. The number of carbonyl (C=O) groups excluding carboxylic acids is 1. The fourth-order valence-electron chi connectivity index (χ4n) is 3.27. The van der Waals surface area contributed by atoms with Gasteiger partial charge in [-0.3, -0.25) is 14.8 Å². The largest absolute Gasteiger partial charge is 0.354 e. The lowest BCUT2D eigenvalue weighted by molar-refractivity contribution is -0.121. The number of amides is 1. The maximum atomic E-state index is 11.6. The van der Waals surface area contributed by atoms with Crippen molar-refractivity contribution in [1.29, 1.82) is 0 Å². The van der Waals surface area contributed by atoms with Crippen molar-refractivity contribution in [2.45, 2.75) is 38.3 Å². The molecule has 0 radical (unpaired) electrons. The van der Waals surface area contributed by atoms with Crippen LogP contribution in [0.3, 0.4) is 0 Å². The van der Waals surface area contributed by atoms with Crippen LogP contribution in [-0.2, 0) is 11.3 Å². The summed E-state index contributed by atoms with van der Waals surface area (Å²) in [5, 5.41) is 11.3. The summed E-state index contributed by atoms with van der Waals surface area (Å²) in [6.45, 7) is 3.11.